The van der Waals surface area contributed by atoms with Crippen LogP contribution in [0.25, 0.3) is 17.3 Å². The summed E-state index contributed by atoms with van der Waals surface area (Å²) in [5.74, 6) is 1.33. The zero-order chi connectivity index (χ0) is 20.5. The van der Waals surface area contributed by atoms with Crippen molar-refractivity contribution >= 4 is 0 Å². The van der Waals surface area contributed by atoms with Gasteiger partial charge in [0.25, 0.3) is 5.56 Å². The fraction of sp³-hybridized carbons (Fsp3) is 0.120. The standard InChI is InChI=1S/C25H21N3O2/c1-17-9-11-19(12-10-17)15-21-25(29)28-16-22(23-8-5-13-30-23)26-20(24(28)27-21)14-18-6-3-2-4-7-18/h2-13,16,26H,14-15H2,1H3. The van der Waals surface area contributed by atoms with Gasteiger partial charge in [-0.2, -0.15) is 0 Å². The first-order chi connectivity index (χ1) is 14.7. The monoisotopic (exact) mass is 395 g/mol. The molecule has 0 aliphatic carbocycles. The molecule has 0 amide bonds. The molecule has 1 aromatic heterocycles. The molecule has 3 aromatic rings. The van der Waals surface area contributed by atoms with Gasteiger partial charge in [0.05, 0.1) is 17.7 Å². The molecular formula is C25H21N3O2. The average Bonchev–Trinajstić information content (AvgIpc) is 3.40. The molecule has 0 saturated heterocycles. The minimum absolute atomic E-state index is 0.0957. The van der Waals surface area contributed by atoms with Crippen molar-refractivity contribution in [1.29, 1.82) is 0 Å². The van der Waals surface area contributed by atoms with Gasteiger partial charge >= 0.3 is 0 Å². The lowest BCUT2D eigenvalue weighted by Crippen LogP contribution is -2.17. The minimum atomic E-state index is -0.0957. The fourth-order valence-electron chi connectivity index (χ4n) is 3.67. The summed E-state index contributed by atoms with van der Waals surface area (Å²) in [4.78, 5) is 21.4. The molecule has 3 heterocycles. The number of imidazole rings is 1. The van der Waals surface area contributed by atoms with Crippen LogP contribution in [0.3, 0.4) is 0 Å². The summed E-state index contributed by atoms with van der Waals surface area (Å²) < 4.78 is 7.20. The Kier molecular flexibility index (Phi) is 4.56. The number of fused-ring (bicyclic) bond motifs is 1. The van der Waals surface area contributed by atoms with Crippen LogP contribution in [0.5, 0.6) is 0 Å². The highest BCUT2D eigenvalue weighted by Gasteiger charge is 2.21. The molecule has 30 heavy (non-hydrogen) atoms. The Morgan fingerprint density at radius 1 is 0.933 bits per heavy atom. The SMILES string of the molecule is Cc1ccc(Cc2nc3c(Cc4ccccc4)[nH]c(-c4ccco4)cn-3c2=O)cc1. The molecule has 0 fully saturated rings. The Labute approximate surface area is 174 Å². The van der Waals surface area contributed by atoms with Crippen LogP contribution in [0, 0.1) is 6.92 Å². The Bertz CT molecular complexity index is 1300. The van der Waals surface area contributed by atoms with E-state index in [2.05, 4.69) is 36.2 Å². The molecule has 148 valence electrons. The van der Waals surface area contributed by atoms with E-state index >= 15 is 0 Å². The van der Waals surface area contributed by atoms with Crippen LogP contribution in [-0.2, 0) is 12.8 Å². The van der Waals surface area contributed by atoms with Crippen LogP contribution in [0.2, 0.25) is 0 Å². The summed E-state index contributed by atoms with van der Waals surface area (Å²) in [6, 6.07) is 22.1. The van der Waals surface area contributed by atoms with E-state index < -0.39 is 0 Å². The van der Waals surface area contributed by atoms with E-state index in [0.29, 0.717) is 30.1 Å². The van der Waals surface area contributed by atoms with E-state index in [1.54, 1.807) is 17.0 Å². The maximum absolute atomic E-state index is 13.2. The van der Waals surface area contributed by atoms with Gasteiger partial charge in [-0.15, -0.1) is 0 Å². The molecule has 2 aliphatic heterocycles. The number of nitrogens with zero attached hydrogens (tertiary/aromatic N) is 2. The predicted octanol–water partition coefficient (Wildman–Crippen LogP) is 4.75. The number of rotatable bonds is 5. The summed E-state index contributed by atoms with van der Waals surface area (Å²) >= 11 is 0. The number of H-pyrrole nitrogens is 1. The molecule has 0 bridgehead atoms. The van der Waals surface area contributed by atoms with Crippen molar-refractivity contribution in [2.24, 2.45) is 0 Å². The normalized spacial score (nSPS) is 11.2. The molecule has 5 nitrogen and oxygen atoms in total. The van der Waals surface area contributed by atoms with Crippen LogP contribution in [0.4, 0.5) is 0 Å². The van der Waals surface area contributed by atoms with E-state index in [1.165, 1.54) is 5.56 Å². The number of aromatic amines is 1. The van der Waals surface area contributed by atoms with Gasteiger partial charge in [0.15, 0.2) is 11.6 Å². The van der Waals surface area contributed by atoms with Crippen molar-refractivity contribution in [2.45, 2.75) is 19.8 Å². The minimum Gasteiger partial charge on any atom is -0.463 e. The number of nitrogens with one attached hydrogen (secondary N) is 1. The van der Waals surface area contributed by atoms with Gasteiger partial charge in [-0.3, -0.25) is 9.36 Å². The summed E-state index contributed by atoms with van der Waals surface area (Å²) in [6.45, 7) is 2.05. The van der Waals surface area contributed by atoms with Crippen molar-refractivity contribution in [1.82, 2.24) is 14.5 Å². The van der Waals surface area contributed by atoms with Gasteiger partial charge in [0.2, 0.25) is 0 Å². The first-order valence-corrected chi connectivity index (χ1v) is 9.94. The molecule has 2 aliphatic rings. The molecule has 5 rings (SSSR count). The molecule has 2 aromatic carbocycles. The molecule has 0 spiro atoms. The van der Waals surface area contributed by atoms with Gasteiger partial charge in [0.1, 0.15) is 5.69 Å². The van der Waals surface area contributed by atoms with Crippen LogP contribution in [-0.4, -0.2) is 14.5 Å². The largest absolute Gasteiger partial charge is 0.463 e. The lowest BCUT2D eigenvalue weighted by atomic mass is 10.1. The van der Waals surface area contributed by atoms with E-state index in [1.807, 2.05) is 42.5 Å². The first kappa shape index (κ1) is 18.2. The highest BCUT2D eigenvalue weighted by molar-refractivity contribution is 5.54. The van der Waals surface area contributed by atoms with Crippen LogP contribution < -0.4 is 5.56 Å². The number of benzene rings is 2. The van der Waals surface area contributed by atoms with Crippen molar-refractivity contribution in [3.05, 3.63) is 118 Å². The number of aromatic nitrogens is 3. The van der Waals surface area contributed by atoms with E-state index in [0.717, 1.165) is 22.5 Å². The molecule has 0 unspecified atom stereocenters. The Morgan fingerprint density at radius 3 is 2.43 bits per heavy atom. The van der Waals surface area contributed by atoms with Gasteiger partial charge in [-0.05, 0) is 30.2 Å². The predicted molar refractivity (Wildman–Crippen MR) is 116 cm³/mol. The quantitative estimate of drug-likeness (QED) is 0.467. The third kappa shape index (κ3) is 3.46. The number of aryl methyl sites for hydroxylation is 1. The maximum Gasteiger partial charge on any atom is 0.278 e. The molecule has 0 saturated carbocycles. The topological polar surface area (TPSA) is 63.8 Å². The smallest absolute Gasteiger partial charge is 0.278 e. The van der Waals surface area contributed by atoms with Crippen molar-refractivity contribution in [2.75, 3.05) is 0 Å². The fourth-order valence-corrected chi connectivity index (χ4v) is 3.67. The third-order valence-corrected chi connectivity index (χ3v) is 5.25. The van der Waals surface area contributed by atoms with Gasteiger partial charge in [-0.25, -0.2) is 4.98 Å². The summed E-state index contributed by atoms with van der Waals surface area (Å²) in [6.07, 6.45) is 4.54. The van der Waals surface area contributed by atoms with Crippen molar-refractivity contribution in [3.8, 4) is 17.3 Å². The van der Waals surface area contributed by atoms with E-state index in [9.17, 15) is 4.79 Å². The maximum atomic E-state index is 13.2. The van der Waals surface area contributed by atoms with E-state index in [-0.39, 0.29) is 5.56 Å². The van der Waals surface area contributed by atoms with Gasteiger partial charge in [-0.1, -0.05) is 60.2 Å². The number of furan rings is 1. The molecule has 0 atom stereocenters. The Balaban J connectivity index is 1.63. The zero-order valence-electron chi connectivity index (χ0n) is 16.6. The zero-order valence-corrected chi connectivity index (χ0v) is 16.6. The summed E-state index contributed by atoms with van der Waals surface area (Å²) in [5.41, 5.74) is 5.47. The highest BCUT2D eigenvalue weighted by atomic mass is 16.3. The van der Waals surface area contributed by atoms with Gasteiger partial charge < -0.3 is 9.40 Å². The van der Waals surface area contributed by atoms with Crippen LogP contribution in [0.15, 0.2) is 88.4 Å². The Morgan fingerprint density at radius 2 is 1.70 bits per heavy atom. The van der Waals surface area contributed by atoms with Crippen LogP contribution >= 0.6 is 0 Å². The average molecular weight is 395 g/mol. The van der Waals surface area contributed by atoms with Crippen LogP contribution in [0.1, 0.15) is 28.1 Å². The molecule has 1 N–H and O–H groups in total. The Hall–Kier alpha value is -3.86. The summed E-state index contributed by atoms with van der Waals surface area (Å²) in [5, 5.41) is 0. The molecule has 5 heteroatoms. The summed E-state index contributed by atoms with van der Waals surface area (Å²) in [7, 11) is 0. The lowest BCUT2D eigenvalue weighted by Gasteiger charge is -2.12. The number of hydrogen-bond acceptors (Lipinski definition) is 3. The molecular weight excluding hydrogens is 374 g/mol. The lowest BCUT2D eigenvalue weighted by molar-refractivity contribution is 0.578. The van der Waals surface area contributed by atoms with Crippen molar-refractivity contribution in [3.63, 3.8) is 0 Å². The van der Waals surface area contributed by atoms with E-state index in [4.69, 9.17) is 9.40 Å². The second kappa shape index (κ2) is 7.52. The van der Waals surface area contributed by atoms with Crippen molar-refractivity contribution < 1.29 is 4.42 Å². The number of hydrogen-bond donors (Lipinski definition) is 1. The molecule has 0 radical (unpaired) electrons. The second-order valence-corrected chi connectivity index (χ2v) is 7.51. The van der Waals surface area contributed by atoms with Gasteiger partial charge in [0, 0.05) is 19.0 Å². The second-order valence-electron chi connectivity index (χ2n) is 7.51. The first-order valence-electron chi connectivity index (χ1n) is 9.94. The highest BCUT2D eigenvalue weighted by Crippen LogP contribution is 2.24. The third-order valence-electron chi connectivity index (χ3n) is 5.25.